The van der Waals surface area contributed by atoms with E-state index in [1.165, 1.54) is 12.1 Å². The van der Waals surface area contributed by atoms with Gasteiger partial charge in [0.1, 0.15) is 12.2 Å². The molecule has 0 bridgehead atoms. The lowest BCUT2D eigenvalue weighted by Crippen LogP contribution is -2.34. The smallest absolute Gasteiger partial charge is 0.344 e. The van der Waals surface area contributed by atoms with E-state index in [4.69, 9.17) is 4.74 Å². The van der Waals surface area contributed by atoms with E-state index < -0.39 is 10.9 Å². The molecule has 1 heterocycles. The standard InChI is InChI=1S/C15H14N2O4S/c18-15(13-2-1-7-16(10-13)8-9-22)21-11-12-3-5-14(6-4-12)17(19)20/h1-7,10H,8-9,11H2/p+1. The van der Waals surface area contributed by atoms with Crippen LogP contribution in [0.15, 0.2) is 48.8 Å². The van der Waals surface area contributed by atoms with Crippen molar-refractivity contribution in [2.24, 2.45) is 0 Å². The third-order valence-corrected chi connectivity index (χ3v) is 3.17. The lowest BCUT2D eigenvalue weighted by molar-refractivity contribution is -0.692. The van der Waals surface area contributed by atoms with Gasteiger partial charge in [0.05, 0.1) is 4.92 Å². The summed E-state index contributed by atoms with van der Waals surface area (Å²) >= 11 is 4.14. The highest BCUT2D eigenvalue weighted by Gasteiger charge is 2.12. The summed E-state index contributed by atoms with van der Waals surface area (Å²) in [6.45, 7) is 0.769. The summed E-state index contributed by atoms with van der Waals surface area (Å²) in [5.41, 5.74) is 1.15. The molecular formula is C15H15N2O4S+. The van der Waals surface area contributed by atoms with Crippen molar-refractivity contribution in [1.29, 1.82) is 0 Å². The summed E-state index contributed by atoms with van der Waals surface area (Å²) in [7, 11) is 0. The van der Waals surface area contributed by atoms with Gasteiger partial charge in [0, 0.05) is 24.0 Å². The number of aryl methyl sites for hydroxylation is 1. The molecule has 0 aliphatic heterocycles. The number of carbonyl (C=O) groups is 1. The fraction of sp³-hybridized carbons (Fsp3) is 0.200. The fourth-order valence-electron chi connectivity index (χ4n) is 1.84. The quantitative estimate of drug-likeness (QED) is 0.291. The Balaban J connectivity index is 1.97. The molecule has 1 aromatic heterocycles. The summed E-state index contributed by atoms with van der Waals surface area (Å²) in [6, 6.07) is 9.34. The molecular weight excluding hydrogens is 304 g/mol. The number of carbonyl (C=O) groups excluding carboxylic acids is 1. The van der Waals surface area contributed by atoms with Crippen molar-refractivity contribution in [3.05, 3.63) is 70.0 Å². The Morgan fingerprint density at radius 1 is 1.27 bits per heavy atom. The number of benzene rings is 1. The molecule has 0 spiro atoms. The summed E-state index contributed by atoms with van der Waals surface area (Å²) in [4.78, 5) is 22.1. The van der Waals surface area contributed by atoms with E-state index in [2.05, 4.69) is 12.6 Å². The zero-order valence-electron chi connectivity index (χ0n) is 11.7. The Hall–Kier alpha value is -2.41. The number of nitro groups is 1. The van der Waals surface area contributed by atoms with Gasteiger partial charge in [0.15, 0.2) is 18.9 Å². The van der Waals surface area contributed by atoms with E-state index in [-0.39, 0.29) is 12.3 Å². The number of nitrogens with zero attached hydrogens (tertiary/aromatic N) is 2. The summed E-state index contributed by atoms with van der Waals surface area (Å²) in [6.07, 6.45) is 3.55. The molecule has 22 heavy (non-hydrogen) atoms. The van der Waals surface area contributed by atoms with Crippen LogP contribution < -0.4 is 4.57 Å². The van der Waals surface area contributed by atoms with Crippen LogP contribution in [0.2, 0.25) is 0 Å². The first-order valence-corrected chi connectivity index (χ1v) is 7.24. The van der Waals surface area contributed by atoms with Crippen molar-refractivity contribution in [2.45, 2.75) is 13.2 Å². The highest BCUT2D eigenvalue weighted by Crippen LogP contribution is 2.13. The normalized spacial score (nSPS) is 10.2. The second kappa shape index (κ2) is 7.56. The van der Waals surface area contributed by atoms with Crippen LogP contribution >= 0.6 is 12.6 Å². The van der Waals surface area contributed by atoms with Crippen LogP contribution in [-0.2, 0) is 17.9 Å². The maximum atomic E-state index is 12.0. The van der Waals surface area contributed by atoms with Crippen LogP contribution in [0.1, 0.15) is 15.9 Å². The topological polar surface area (TPSA) is 73.3 Å². The molecule has 0 amide bonds. The van der Waals surface area contributed by atoms with Crippen LogP contribution in [0.25, 0.3) is 0 Å². The highest BCUT2D eigenvalue weighted by atomic mass is 32.1. The predicted octanol–water partition coefficient (Wildman–Crippen LogP) is 2.17. The number of nitro benzene ring substituents is 1. The van der Waals surface area contributed by atoms with Crippen molar-refractivity contribution in [3.63, 3.8) is 0 Å². The summed E-state index contributed by atoms with van der Waals surface area (Å²) in [5, 5.41) is 10.6. The third kappa shape index (κ3) is 4.29. The molecule has 0 aliphatic rings. The van der Waals surface area contributed by atoms with Crippen molar-refractivity contribution in [1.82, 2.24) is 0 Å². The minimum atomic E-state index is -0.472. The van der Waals surface area contributed by atoms with E-state index in [9.17, 15) is 14.9 Å². The minimum Gasteiger partial charge on any atom is -0.457 e. The summed E-state index contributed by atoms with van der Waals surface area (Å²) in [5.74, 6) is 0.234. The van der Waals surface area contributed by atoms with Gasteiger partial charge >= 0.3 is 5.97 Å². The molecule has 1 aromatic carbocycles. The Morgan fingerprint density at radius 2 is 2.00 bits per heavy atom. The van der Waals surface area contributed by atoms with E-state index in [0.29, 0.717) is 23.4 Å². The van der Waals surface area contributed by atoms with Crippen molar-refractivity contribution in [2.75, 3.05) is 5.75 Å². The van der Waals surface area contributed by atoms with Crippen molar-refractivity contribution < 1.29 is 19.0 Å². The number of hydrogen-bond acceptors (Lipinski definition) is 5. The lowest BCUT2D eigenvalue weighted by Gasteiger charge is -2.04. The van der Waals surface area contributed by atoms with E-state index in [0.717, 1.165) is 0 Å². The molecule has 2 aromatic rings. The van der Waals surface area contributed by atoms with E-state index in [1.807, 2.05) is 10.8 Å². The van der Waals surface area contributed by atoms with Gasteiger partial charge in [0.25, 0.3) is 5.69 Å². The second-order valence-corrected chi connectivity index (χ2v) is 5.00. The minimum absolute atomic E-state index is 0.00549. The third-order valence-electron chi connectivity index (χ3n) is 2.97. The maximum Gasteiger partial charge on any atom is 0.344 e. The largest absolute Gasteiger partial charge is 0.457 e. The molecule has 0 fully saturated rings. The first-order valence-electron chi connectivity index (χ1n) is 6.60. The molecule has 0 atom stereocenters. The number of thiol groups is 1. The van der Waals surface area contributed by atoms with E-state index >= 15 is 0 Å². The molecule has 0 saturated heterocycles. The number of ether oxygens (including phenoxy) is 1. The van der Waals surface area contributed by atoms with Gasteiger partial charge < -0.3 is 4.74 Å². The first kappa shape index (κ1) is 16.0. The zero-order valence-corrected chi connectivity index (χ0v) is 12.6. The lowest BCUT2D eigenvalue weighted by atomic mass is 10.2. The van der Waals surface area contributed by atoms with Gasteiger partial charge in [-0.25, -0.2) is 9.36 Å². The molecule has 114 valence electrons. The van der Waals surface area contributed by atoms with Gasteiger partial charge in [-0.15, -0.1) is 0 Å². The first-order chi connectivity index (χ1) is 10.6. The Morgan fingerprint density at radius 3 is 2.64 bits per heavy atom. The van der Waals surface area contributed by atoms with Gasteiger partial charge in [-0.2, -0.15) is 12.6 Å². The molecule has 0 unspecified atom stereocenters. The Kier molecular flexibility index (Phi) is 5.48. The zero-order chi connectivity index (χ0) is 15.9. The maximum absolute atomic E-state index is 12.0. The molecule has 6 nitrogen and oxygen atoms in total. The summed E-state index contributed by atoms with van der Waals surface area (Å²) < 4.78 is 7.06. The second-order valence-electron chi connectivity index (χ2n) is 4.55. The van der Waals surface area contributed by atoms with Crippen molar-refractivity contribution >= 4 is 24.3 Å². The molecule has 0 aliphatic carbocycles. The fourth-order valence-corrected chi connectivity index (χ4v) is 2.07. The monoisotopic (exact) mass is 319 g/mol. The van der Waals surface area contributed by atoms with Crippen LogP contribution in [0, 0.1) is 10.1 Å². The molecule has 0 N–H and O–H groups in total. The van der Waals surface area contributed by atoms with E-state index in [1.54, 1.807) is 30.5 Å². The number of aromatic nitrogens is 1. The molecule has 7 heteroatoms. The predicted molar refractivity (Wildman–Crippen MR) is 82.7 cm³/mol. The number of non-ortho nitro benzene ring substituents is 1. The SMILES string of the molecule is O=C(OCc1ccc([N+](=O)[O-])cc1)c1ccc[n+](CCS)c1. The highest BCUT2D eigenvalue weighted by molar-refractivity contribution is 7.80. The van der Waals surface area contributed by atoms with Gasteiger partial charge in [-0.1, -0.05) is 0 Å². The van der Waals surface area contributed by atoms with Gasteiger partial charge in [0.2, 0.25) is 0 Å². The average molecular weight is 319 g/mol. The number of pyridine rings is 1. The molecule has 0 radical (unpaired) electrons. The number of hydrogen-bond donors (Lipinski definition) is 1. The van der Waals surface area contributed by atoms with Crippen LogP contribution in [-0.4, -0.2) is 16.6 Å². The average Bonchev–Trinajstić information content (AvgIpc) is 2.53. The van der Waals surface area contributed by atoms with Crippen LogP contribution in [0.5, 0.6) is 0 Å². The van der Waals surface area contributed by atoms with Crippen LogP contribution in [0.4, 0.5) is 5.69 Å². The molecule has 0 saturated carbocycles. The van der Waals surface area contributed by atoms with Crippen LogP contribution in [0.3, 0.4) is 0 Å². The number of esters is 1. The molecule has 2 rings (SSSR count). The van der Waals surface area contributed by atoms with Gasteiger partial charge in [-0.05, 0) is 23.8 Å². The Labute approximate surface area is 132 Å². The van der Waals surface area contributed by atoms with Gasteiger partial charge in [-0.3, -0.25) is 10.1 Å². The number of rotatable bonds is 6. The van der Waals surface area contributed by atoms with Crippen molar-refractivity contribution in [3.8, 4) is 0 Å². The Bertz CT molecular complexity index is 673.